The van der Waals surface area contributed by atoms with Crippen molar-refractivity contribution in [2.45, 2.75) is 38.6 Å². The van der Waals surface area contributed by atoms with E-state index in [9.17, 15) is 9.18 Å². The molecule has 140 valence electrons. The Morgan fingerprint density at radius 3 is 2.96 bits per heavy atom. The molecule has 6 heteroatoms. The number of carbonyl (C=O) groups is 1. The van der Waals surface area contributed by atoms with Crippen molar-refractivity contribution in [3.8, 4) is 0 Å². The highest BCUT2D eigenvalue weighted by atomic mass is 19.1. The Balaban J connectivity index is 1.53. The predicted octanol–water partition coefficient (Wildman–Crippen LogP) is 3.71. The number of carbonyl (C=O) groups excluding carboxylic acids is 1. The van der Waals surface area contributed by atoms with Gasteiger partial charge in [-0.3, -0.25) is 9.78 Å². The summed E-state index contributed by atoms with van der Waals surface area (Å²) in [7, 11) is 0. The van der Waals surface area contributed by atoms with E-state index in [1.165, 1.54) is 12.1 Å². The maximum Gasteiger partial charge on any atom is 0.227 e. The normalized spacial score (nSPS) is 17.2. The summed E-state index contributed by atoms with van der Waals surface area (Å²) in [5.41, 5.74) is 2.69. The van der Waals surface area contributed by atoms with Crippen LogP contribution in [0.3, 0.4) is 0 Å². The van der Waals surface area contributed by atoms with E-state index in [0.29, 0.717) is 18.7 Å². The molecule has 27 heavy (non-hydrogen) atoms. The maximum absolute atomic E-state index is 13.4. The van der Waals surface area contributed by atoms with E-state index >= 15 is 0 Å². The van der Waals surface area contributed by atoms with Crippen LogP contribution in [0.2, 0.25) is 0 Å². The number of nitrogens with zero attached hydrogens (tertiary/aromatic N) is 4. The number of halogens is 1. The third-order valence-electron chi connectivity index (χ3n) is 5.19. The minimum atomic E-state index is -0.307. The third kappa shape index (κ3) is 3.44. The van der Waals surface area contributed by atoms with Gasteiger partial charge in [0.1, 0.15) is 11.6 Å². The van der Waals surface area contributed by atoms with Gasteiger partial charge in [0.2, 0.25) is 5.91 Å². The van der Waals surface area contributed by atoms with Crippen LogP contribution in [0.4, 0.5) is 4.39 Å². The fourth-order valence-corrected chi connectivity index (χ4v) is 3.92. The zero-order valence-corrected chi connectivity index (χ0v) is 15.6. The van der Waals surface area contributed by atoms with Gasteiger partial charge in [-0.25, -0.2) is 9.37 Å². The highest BCUT2D eigenvalue weighted by molar-refractivity contribution is 5.79. The molecule has 0 spiro atoms. The largest absolute Gasteiger partial charge is 0.342 e. The molecule has 0 N–H and O–H groups in total. The lowest BCUT2D eigenvalue weighted by atomic mass is 10.1. The topological polar surface area (TPSA) is 51.0 Å². The Bertz CT molecular complexity index is 981. The van der Waals surface area contributed by atoms with Crippen LogP contribution in [0.5, 0.6) is 0 Å². The van der Waals surface area contributed by atoms with Gasteiger partial charge in [-0.2, -0.15) is 0 Å². The number of hydrogen-bond donors (Lipinski definition) is 0. The number of aromatic nitrogens is 3. The minimum absolute atomic E-state index is 0.0389. The SMILES string of the molecule is CC(C)n1c([C@@H]2CCN(C(=O)Cc3cccc(F)c3)C2)nc2ccncc21. The van der Waals surface area contributed by atoms with E-state index in [1.807, 2.05) is 17.2 Å². The fraction of sp³-hybridized carbons (Fsp3) is 0.381. The summed E-state index contributed by atoms with van der Waals surface area (Å²) in [6.07, 6.45) is 4.73. The molecule has 1 fully saturated rings. The average Bonchev–Trinajstić information content (AvgIpc) is 3.26. The molecule has 1 saturated heterocycles. The molecule has 2 aromatic heterocycles. The number of rotatable bonds is 4. The molecular formula is C21H23FN4O. The summed E-state index contributed by atoms with van der Waals surface area (Å²) >= 11 is 0. The van der Waals surface area contributed by atoms with E-state index in [0.717, 1.165) is 23.3 Å². The van der Waals surface area contributed by atoms with Crippen LogP contribution < -0.4 is 0 Å². The second kappa shape index (κ2) is 7.10. The van der Waals surface area contributed by atoms with Crippen LogP contribution in [-0.2, 0) is 11.2 Å². The van der Waals surface area contributed by atoms with Gasteiger partial charge in [-0.15, -0.1) is 0 Å². The molecule has 0 aliphatic carbocycles. The number of amides is 1. The van der Waals surface area contributed by atoms with Crippen molar-refractivity contribution in [2.24, 2.45) is 0 Å². The summed E-state index contributed by atoms with van der Waals surface area (Å²) in [6, 6.07) is 8.45. The summed E-state index contributed by atoms with van der Waals surface area (Å²) in [5, 5.41) is 0. The van der Waals surface area contributed by atoms with E-state index in [2.05, 4.69) is 23.4 Å². The van der Waals surface area contributed by atoms with E-state index < -0.39 is 0 Å². The van der Waals surface area contributed by atoms with Crippen LogP contribution in [0.25, 0.3) is 11.0 Å². The molecule has 1 aliphatic heterocycles. The van der Waals surface area contributed by atoms with Crippen LogP contribution in [-0.4, -0.2) is 38.4 Å². The lowest BCUT2D eigenvalue weighted by Crippen LogP contribution is -2.30. The number of hydrogen-bond acceptors (Lipinski definition) is 3. The van der Waals surface area contributed by atoms with Crippen molar-refractivity contribution in [2.75, 3.05) is 13.1 Å². The van der Waals surface area contributed by atoms with Gasteiger partial charge in [0, 0.05) is 31.2 Å². The number of likely N-dealkylation sites (tertiary alicyclic amines) is 1. The van der Waals surface area contributed by atoms with Gasteiger partial charge >= 0.3 is 0 Å². The first-order valence-corrected chi connectivity index (χ1v) is 9.37. The second-order valence-corrected chi connectivity index (χ2v) is 7.43. The predicted molar refractivity (Wildman–Crippen MR) is 102 cm³/mol. The lowest BCUT2D eigenvalue weighted by molar-refractivity contribution is -0.129. The van der Waals surface area contributed by atoms with Gasteiger partial charge < -0.3 is 9.47 Å². The zero-order valence-electron chi connectivity index (χ0n) is 15.6. The number of fused-ring (bicyclic) bond motifs is 1. The van der Waals surface area contributed by atoms with Gasteiger partial charge in [0.05, 0.1) is 23.7 Å². The standard InChI is InChI=1S/C21H23FN4O/c1-14(2)26-19-12-23-8-6-18(19)24-21(26)16-7-9-25(13-16)20(27)11-15-4-3-5-17(22)10-15/h3-6,8,10,12,14,16H,7,9,11,13H2,1-2H3/t16-/m1/s1. The molecular weight excluding hydrogens is 343 g/mol. The summed E-state index contributed by atoms with van der Waals surface area (Å²) < 4.78 is 15.6. The number of benzene rings is 1. The van der Waals surface area contributed by atoms with Crippen LogP contribution in [0, 0.1) is 5.82 Å². The quantitative estimate of drug-likeness (QED) is 0.707. The summed E-state index contributed by atoms with van der Waals surface area (Å²) in [6.45, 7) is 5.63. The van der Waals surface area contributed by atoms with E-state index in [1.54, 1.807) is 18.3 Å². The molecule has 0 unspecified atom stereocenters. The van der Waals surface area contributed by atoms with Crippen LogP contribution in [0.1, 0.15) is 43.6 Å². The van der Waals surface area contributed by atoms with Crippen LogP contribution in [0.15, 0.2) is 42.7 Å². The number of pyridine rings is 1. The van der Waals surface area contributed by atoms with Crippen molar-refractivity contribution in [3.63, 3.8) is 0 Å². The first kappa shape index (κ1) is 17.6. The fourth-order valence-electron chi connectivity index (χ4n) is 3.92. The van der Waals surface area contributed by atoms with E-state index in [-0.39, 0.29) is 30.1 Å². The Morgan fingerprint density at radius 2 is 2.19 bits per heavy atom. The highest BCUT2D eigenvalue weighted by Gasteiger charge is 2.31. The second-order valence-electron chi connectivity index (χ2n) is 7.43. The summed E-state index contributed by atoms with van der Waals surface area (Å²) in [4.78, 5) is 23.6. The minimum Gasteiger partial charge on any atom is -0.342 e. The van der Waals surface area contributed by atoms with Gasteiger partial charge in [0.15, 0.2) is 0 Å². The van der Waals surface area contributed by atoms with Gasteiger partial charge in [-0.1, -0.05) is 12.1 Å². The smallest absolute Gasteiger partial charge is 0.227 e. The number of imidazole rings is 1. The van der Waals surface area contributed by atoms with Crippen molar-refractivity contribution in [1.29, 1.82) is 0 Å². The molecule has 5 nitrogen and oxygen atoms in total. The molecule has 0 bridgehead atoms. The Labute approximate surface area is 157 Å². The maximum atomic E-state index is 13.4. The summed E-state index contributed by atoms with van der Waals surface area (Å²) in [5.74, 6) is 0.959. The third-order valence-corrected chi connectivity index (χ3v) is 5.19. The molecule has 3 heterocycles. The van der Waals surface area contributed by atoms with Crippen molar-refractivity contribution in [3.05, 3.63) is 59.9 Å². The lowest BCUT2D eigenvalue weighted by Gasteiger charge is -2.19. The van der Waals surface area contributed by atoms with E-state index in [4.69, 9.17) is 4.98 Å². The molecule has 1 atom stereocenters. The molecule has 1 amide bonds. The Morgan fingerprint density at radius 1 is 1.33 bits per heavy atom. The Hall–Kier alpha value is -2.76. The first-order chi connectivity index (χ1) is 13.0. The van der Waals surface area contributed by atoms with Crippen molar-refractivity contribution < 1.29 is 9.18 Å². The molecule has 1 aliphatic rings. The zero-order chi connectivity index (χ0) is 19.0. The molecule has 1 aromatic carbocycles. The average molecular weight is 366 g/mol. The van der Waals surface area contributed by atoms with Gasteiger partial charge in [-0.05, 0) is 44.0 Å². The van der Waals surface area contributed by atoms with Crippen molar-refractivity contribution >= 4 is 16.9 Å². The molecule has 0 saturated carbocycles. The Kier molecular flexibility index (Phi) is 4.64. The molecule has 3 aromatic rings. The van der Waals surface area contributed by atoms with Gasteiger partial charge in [0.25, 0.3) is 0 Å². The first-order valence-electron chi connectivity index (χ1n) is 9.37. The van der Waals surface area contributed by atoms with Crippen LogP contribution >= 0.6 is 0 Å². The molecule has 4 rings (SSSR count). The highest BCUT2D eigenvalue weighted by Crippen LogP contribution is 2.31. The molecule has 0 radical (unpaired) electrons. The van der Waals surface area contributed by atoms with Crippen molar-refractivity contribution in [1.82, 2.24) is 19.4 Å². The monoisotopic (exact) mass is 366 g/mol.